The minimum Gasteiger partial charge on any atom is -0.354 e. The maximum absolute atomic E-state index is 11.9. The first-order chi connectivity index (χ1) is 7.82. The van der Waals surface area contributed by atoms with Gasteiger partial charge in [-0.05, 0) is 24.7 Å². The number of nitrogens with one attached hydrogen (secondary N) is 2. The first-order valence-electron chi connectivity index (χ1n) is 6.16. The minimum absolute atomic E-state index is 0.100. The Morgan fingerprint density at radius 1 is 1.47 bits per heavy atom. The molecule has 0 aromatic rings. The highest BCUT2D eigenvalue weighted by atomic mass is 16.2. The molecule has 17 heavy (non-hydrogen) atoms. The van der Waals surface area contributed by atoms with Crippen molar-refractivity contribution in [3.05, 3.63) is 0 Å². The zero-order valence-corrected chi connectivity index (χ0v) is 10.9. The molecule has 98 valence electrons. The third-order valence-corrected chi connectivity index (χ3v) is 3.07. The number of carbonyl (C=O) groups excluding carboxylic acids is 2. The van der Waals surface area contributed by atoms with Crippen LogP contribution in [0.15, 0.2) is 0 Å². The normalized spacial score (nSPS) is 23.5. The quantitative estimate of drug-likeness (QED) is 0.643. The molecule has 0 spiro atoms. The highest BCUT2D eigenvalue weighted by molar-refractivity contribution is 5.90. The maximum Gasteiger partial charge on any atom is 0.242 e. The molecule has 5 heteroatoms. The Kier molecular flexibility index (Phi) is 4.51. The molecule has 0 saturated carbocycles. The Balaban J connectivity index is 2.58. The van der Waals surface area contributed by atoms with E-state index in [-0.39, 0.29) is 17.2 Å². The van der Waals surface area contributed by atoms with Crippen molar-refractivity contribution < 1.29 is 9.59 Å². The Labute approximate surface area is 103 Å². The van der Waals surface area contributed by atoms with E-state index in [1.807, 2.05) is 20.8 Å². The molecule has 4 N–H and O–H groups in total. The lowest BCUT2D eigenvalue weighted by Gasteiger charge is -2.27. The van der Waals surface area contributed by atoms with E-state index in [0.717, 1.165) is 12.8 Å². The second kappa shape index (κ2) is 5.49. The summed E-state index contributed by atoms with van der Waals surface area (Å²) in [6.45, 7) is 6.41. The van der Waals surface area contributed by atoms with Gasteiger partial charge in [-0.15, -0.1) is 0 Å². The predicted octanol–water partition coefficient (Wildman–Crippen LogP) is 0.145. The summed E-state index contributed by atoms with van der Waals surface area (Å²) in [6.07, 6.45) is 2.59. The van der Waals surface area contributed by atoms with Gasteiger partial charge in [0.1, 0.15) is 6.04 Å². The summed E-state index contributed by atoms with van der Waals surface area (Å²) in [5.74, 6) is -0.350. The maximum atomic E-state index is 11.9. The average Bonchev–Trinajstić information content (AvgIpc) is 2.42. The van der Waals surface area contributed by atoms with Gasteiger partial charge in [0.25, 0.3) is 0 Å². The van der Waals surface area contributed by atoms with Crippen LogP contribution in [0, 0.1) is 5.41 Å². The van der Waals surface area contributed by atoms with Crippen LogP contribution >= 0.6 is 0 Å². The van der Waals surface area contributed by atoms with Gasteiger partial charge in [-0.25, -0.2) is 0 Å². The van der Waals surface area contributed by atoms with Gasteiger partial charge in [0.15, 0.2) is 0 Å². The molecular formula is C12H23N3O2. The zero-order valence-electron chi connectivity index (χ0n) is 10.9. The van der Waals surface area contributed by atoms with E-state index < -0.39 is 12.1 Å². The van der Waals surface area contributed by atoms with Crippen LogP contribution in [-0.4, -0.2) is 30.4 Å². The Hall–Kier alpha value is -1.10. The van der Waals surface area contributed by atoms with E-state index >= 15 is 0 Å². The number of hydrogen-bond donors (Lipinski definition) is 3. The fourth-order valence-electron chi connectivity index (χ4n) is 1.73. The number of nitrogens with two attached hydrogens (primary N) is 1. The van der Waals surface area contributed by atoms with E-state index in [0.29, 0.717) is 13.0 Å². The summed E-state index contributed by atoms with van der Waals surface area (Å²) in [4.78, 5) is 23.6. The van der Waals surface area contributed by atoms with E-state index in [1.54, 1.807) is 0 Å². The van der Waals surface area contributed by atoms with Crippen molar-refractivity contribution in [1.82, 2.24) is 10.6 Å². The van der Waals surface area contributed by atoms with Gasteiger partial charge in [0, 0.05) is 6.54 Å². The van der Waals surface area contributed by atoms with Gasteiger partial charge in [-0.2, -0.15) is 0 Å². The van der Waals surface area contributed by atoms with E-state index in [1.165, 1.54) is 0 Å². The molecule has 1 heterocycles. The average molecular weight is 241 g/mol. The van der Waals surface area contributed by atoms with Gasteiger partial charge >= 0.3 is 0 Å². The molecule has 5 nitrogen and oxygen atoms in total. The van der Waals surface area contributed by atoms with Crippen LogP contribution < -0.4 is 16.4 Å². The van der Waals surface area contributed by atoms with Crippen LogP contribution in [0.2, 0.25) is 0 Å². The summed E-state index contributed by atoms with van der Waals surface area (Å²) in [5.41, 5.74) is 5.55. The summed E-state index contributed by atoms with van der Waals surface area (Å²) in [5, 5.41) is 5.52. The minimum atomic E-state index is -0.599. The first-order valence-corrected chi connectivity index (χ1v) is 6.16. The molecule has 1 aliphatic heterocycles. The van der Waals surface area contributed by atoms with Crippen molar-refractivity contribution >= 4 is 11.8 Å². The van der Waals surface area contributed by atoms with Crippen molar-refractivity contribution in [3.63, 3.8) is 0 Å². The van der Waals surface area contributed by atoms with Crippen LogP contribution in [0.5, 0.6) is 0 Å². The summed E-state index contributed by atoms with van der Waals surface area (Å²) < 4.78 is 0. The van der Waals surface area contributed by atoms with Gasteiger partial charge in [0.2, 0.25) is 11.8 Å². The lowest BCUT2D eigenvalue weighted by Crippen LogP contribution is -2.54. The van der Waals surface area contributed by atoms with Gasteiger partial charge in [0.05, 0.1) is 6.04 Å². The Morgan fingerprint density at radius 2 is 2.12 bits per heavy atom. The van der Waals surface area contributed by atoms with Crippen LogP contribution in [0.3, 0.4) is 0 Å². The standard InChI is InChI=1S/C12H23N3O2/c1-12(2,3)9(13)11(17)15-8-6-4-5-7-14-10(8)16/h8-9H,4-7,13H2,1-3H3,(H,14,16)(H,15,17)/t8?,9-/m0/s1. The third-order valence-electron chi connectivity index (χ3n) is 3.07. The van der Waals surface area contributed by atoms with Gasteiger partial charge < -0.3 is 16.4 Å². The molecule has 0 aliphatic carbocycles. The number of carbonyl (C=O) groups is 2. The largest absolute Gasteiger partial charge is 0.354 e. The molecule has 0 bridgehead atoms. The van der Waals surface area contributed by atoms with Crippen LogP contribution in [0.1, 0.15) is 40.0 Å². The van der Waals surface area contributed by atoms with Crippen LogP contribution in [0.4, 0.5) is 0 Å². The van der Waals surface area contributed by atoms with Crippen molar-refractivity contribution in [2.75, 3.05) is 6.54 Å². The van der Waals surface area contributed by atoms with Crippen LogP contribution in [-0.2, 0) is 9.59 Å². The topological polar surface area (TPSA) is 84.2 Å². The molecule has 1 aliphatic rings. The molecule has 1 fully saturated rings. The summed E-state index contributed by atoms with van der Waals surface area (Å²) in [7, 11) is 0. The fourth-order valence-corrected chi connectivity index (χ4v) is 1.73. The molecule has 0 aromatic carbocycles. The number of hydrogen-bond acceptors (Lipinski definition) is 3. The van der Waals surface area contributed by atoms with E-state index in [9.17, 15) is 9.59 Å². The van der Waals surface area contributed by atoms with E-state index in [2.05, 4.69) is 10.6 Å². The van der Waals surface area contributed by atoms with Crippen molar-refractivity contribution in [1.29, 1.82) is 0 Å². The smallest absolute Gasteiger partial charge is 0.242 e. The molecule has 1 saturated heterocycles. The molecule has 1 rings (SSSR count). The lowest BCUT2D eigenvalue weighted by atomic mass is 9.86. The number of amides is 2. The summed E-state index contributed by atoms with van der Waals surface area (Å²) in [6, 6.07) is -1.03. The molecule has 1 unspecified atom stereocenters. The fraction of sp³-hybridized carbons (Fsp3) is 0.833. The van der Waals surface area contributed by atoms with Crippen molar-refractivity contribution in [2.45, 2.75) is 52.1 Å². The third kappa shape index (κ3) is 4.00. The predicted molar refractivity (Wildman–Crippen MR) is 66.2 cm³/mol. The molecule has 0 aromatic heterocycles. The van der Waals surface area contributed by atoms with Crippen molar-refractivity contribution in [3.8, 4) is 0 Å². The van der Waals surface area contributed by atoms with E-state index in [4.69, 9.17) is 5.73 Å². The second-order valence-corrected chi connectivity index (χ2v) is 5.69. The molecule has 2 atom stereocenters. The van der Waals surface area contributed by atoms with Gasteiger partial charge in [-0.3, -0.25) is 9.59 Å². The van der Waals surface area contributed by atoms with Crippen LogP contribution in [0.25, 0.3) is 0 Å². The first kappa shape index (κ1) is 14.0. The Morgan fingerprint density at radius 3 is 2.71 bits per heavy atom. The molecule has 0 radical (unpaired) electrons. The number of rotatable bonds is 2. The van der Waals surface area contributed by atoms with Gasteiger partial charge in [-0.1, -0.05) is 20.8 Å². The second-order valence-electron chi connectivity index (χ2n) is 5.69. The summed E-state index contributed by atoms with van der Waals surface area (Å²) >= 11 is 0. The highest BCUT2D eigenvalue weighted by Gasteiger charge is 2.30. The molecule has 2 amide bonds. The monoisotopic (exact) mass is 241 g/mol. The lowest BCUT2D eigenvalue weighted by molar-refractivity contribution is -0.130. The van der Waals surface area contributed by atoms with Crippen molar-refractivity contribution in [2.24, 2.45) is 11.1 Å². The SMILES string of the molecule is CC(C)(C)[C@@H](N)C(=O)NC1CCCCNC1=O. The Bertz CT molecular complexity index is 297. The highest BCUT2D eigenvalue weighted by Crippen LogP contribution is 2.17. The molecular weight excluding hydrogens is 218 g/mol. The zero-order chi connectivity index (χ0) is 13.1.